The SMILES string of the molecule is Cc1cc(N2CC3CC(C2)N3C(=O)c2ccco2)nc(C)n1. The monoisotopic (exact) mass is 298 g/mol. The van der Waals surface area contributed by atoms with Crippen molar-refractivity contribution < 1.29 is 9.21 Å². The first-order valence-electron chi connectivity index (χ1n) is 7.55. The minimum Gasteiger partial charge on any atom is -0.459 e. The molecule has 1 amide bonds. The van der Waals surface area contributed by atoms with Gasteiger partial charge in [-0.25, -0.2) is 9.97 Å². The summed E-state index contributed by atoms with van der Waals surface area (Å²) in [5, 5.41) is 0. The number of aromatic nitrogens is 2. The predicted molar refractivity (Wildman–Crippen MR) is 80.8 cm³/mol. The van der Waals surface area contributed by atoms with Crippen LogP contribution in [0.25, 0.3) is 0 Å². The lowest BCUT2D eigenvalue weighted by Gasteiger charge is -2.56. The number of nitrogens with zero attached hydrogens (tertiary/aromatic N) is 4. The van der Waals surface area contributed by atoms with Crippen LogP contribution in [0.2, 0.25) is 0 Å². The highest BCUT2D eigenvalue weighted by Gasteiger charge is 2.48. The van der Waals surface area contributed by atoms with Crippen LogP contribution in [-0.2, 0) is 0 Å². The summed E-state index contributed by atoms with van der Waals surface area (Å²) in [6.45, 7) is 5.53. The van der Waals surface area contributed by atoms with Crippen molar-refractivity contribution in [2.75, 3.05) is 18.0 Å². The van der Waals surface area contributed by atoms with E-state index >= 15 is 0 Å². The second kappa shape index (κ2) is 4.83. The summed E-state index contributed by atoms with van der Waals surface area (Å²) in [5.74, 6) is 2.18. The number of piperidine rings is 1. The fourth-order valence-electron chi connectivity index (χ4n) is 3.52. The molecule has 2 atom stereocenters. The molecule has 22 heavy (non-hydrogen) atoms. The Hall–Kier alpha value is -2.37. The molecule has 0 aliphatic carbocycles. The van der Waals surface area contributed by atoms with Crippen LogP contribution in [0, 0.1) is 13.8 Å². The number of rotatable bonds is 2. The molecule has 2 unspecified atom stereocenters. The molecule has 0 radical (unpaired) electrons. The van der Waals surface area contributed by atoms with Crippen molar-refractivity contribution in [3.8, 4) is 0 Å². The number of anilines is 1. The van der Waals surface area contributed by atoms with E-state index in [9.17, 15) is 4.79 Å². The predicted octanol–water partition coefficient (Wildman–Crippen LogP) is 1.79. The van der Waals surface area contributed by atoms with E-state index in [2.05, 4.69) is 14.9 Å². The van der Waals surface area contributed by atoms with Crippen LogP contribution in [0.3, 0.4) is 0 Å². The molecular weight excluding hydrogens is 280 g/mol. The fraction of sp³-hybridized carbons (Fsp3) is 0.438. The van der Waals surface area contributed by atoms with E-state index < -0.39 is 0 Å². The maximum absolute atomic E-state index is 12.4. The van der Waals surface area contributed by atoms with Crippen molar-refractivity contribution in [1.29, 1.82) is 0 Å². The van der Waals surface area contributed by atoms with E-state index in [0.717, 1.165) is 36.8 Å². The normalized spacial score (nSPS) is 23.4. The average molecular weight is 298 g/mol. The maximum atomic E-state index is 12.4. The van der Waals surface area contributed by atoms with Crippen molar-refractivity contribution in [3.63, 3.8) is 0 Å². The number of aryl methyl sites for hydroxylation is 2. The largest absolute Gasteiger partial charge is 0.459 e. The topological polar surface area (TPSA) is 62.5 Å². The zero-order chi connectivity index (χ0) is 15.3. The molecule has 3 aliphatic rings. The first-order valence-corrected chi connectivity index (χ1v) is 7.55. The quantitative estimate of drug-likeness (QED) is 0.846. The van der Waals surface area contributed by atoms with E-state index in [0.29, 0.717) is 5.76 Å². The zero-order valence-electron chi connectivity index (χ0n) is 12.7. The molecule has 5 heterocycles. The van der Waals surface area contributed by atoms with Crippen LogP contribution in [0.1, 0.15) is 28.5 Å². The Morgan fingerprint density at radius 3 is 2.68 bits per heavy atom. The van der Waals surface area contributed by atoms with Gasteiger partial charge in [0.05, 0.1) is 18.3 Å². The summed E-state index contributed by atoms with van der Waals surface area (Å²) in [6, 6.07) is 5.97. The molecule has 5 rings (SSSR count). The van der Waals surface area contributed by atoms with Crippen LogP contribution in [0.5, 0.6) is 0 Å². The van der Waals surface area contributed by atoms with Crippen LogP contribution >= 0.6 is 0 Å². The van der Waals surface area contributed by atoms with Gasteiger partial charge in [-0.3, -0.25) is 4.79 Å². The average Bonchev–Trinajstić information content (AvgIpc) is 3.00. The molecule has 0 aromatic carbocycles. The smallest absolute Gasteiger partial charge is 0.290 e. The minimum absolute atomic E-state index is 0.000878. The van der Waals surface area contributed by atoms with Gasteiger partial charge in [-0.1, -0.05) is 0 Å². The molecule has 2 bridgehead atoms. The van der Waals surface area contributed by atoms with Crippen LogP contribution in [0.15, 0.2) is 28.9 Å². The first-order chi connectivity index (χ1) is 10.6. The Balaban J connectivity index is 1.51. The molecule has 2 aromatic rings. The summed E-state index contributed by atoms with van der Waals surface area (Å²) in [5.41, 5.74) is 0.977. The van der Waals surface area contributed by atoms with Crippen LogP contribution in [0.4, 0.5) is 5.82 Å². The van der Waals surface area contributed by atoms with Gasteiger partial charge in [0.1, 0.15) is 11.6 Å². The van der Waals surface area contributed by atoms with E-state index in [4.69, 9.17) is 4.42 Å². The van der Waals surface area contributed by atoms with Crippen molar-refractivity contribution >= 4 is 11.7 Å². The first kappa shape index (κ1) is 13.3. The lowest BCUT2D eigenvalue weighted by molar-refractivity contribution is 0.00314. The number of carbonyl (C=O) groups is 1. The summed E-state index contributed by atoms with van der Waals surface area (Å²) in [7, 11) is 0. The van der Waals surface area contributed by atoms with Gasteiger partial charge in [0.2, 0.25) is 0 Å². The number of hydrogen-bond donors (Lipinski definition) is 0. The third-order valence-electron chi connectivity index (χ3n) is 4.44. The van der Waals surface area contributed by atoms with Gasteiger partial charge in [0.25, 0.3) is 5.91 Å². The van der Waals surface area contributed by atoms with Gasteiger partial charge in [-0.05, 0) is 32.4 Å². The summed E-state index contributed by atoms with van der Waals surface area (Å²) in [6.07, 6.45) is 2.60. The number of hydrogen-bond acceptors (Lipinski definition) is 5. The van der Waals surface area contributed by atoms with E-state index in [1.807, 2.05) is 24.8 Å². The summed E-state index contributed by atoms with van der Waals surface area (Å²) >= 11 is 0. The van der Waals surface area contributed by atoms with Crippen molar-refractivity contribution in [2.24, 2.45) is 0 Å². The van der Waals surface area contributed by atoms with Crippen molar-refractivity contribution in [1.82, 2.24) is 14.9 Å². The molecule has 0 spiro atoms. The molecule has 6 heteroatoms. The summed E-state index contributed by atoms with van der Waals surface area (Å²) < 4.78 is 5.23. The molecule has 3 aliphatic heterocycles. The number of fused-ring (bicyclic) bond motifs is 2. The molecule has 3 fully saturated rings. The lowest BCUT2D eigenvalue weighted by Crippen LogP contribution is -2.70. The number of furan rings is 1. The molecule has 3 saturated heterocycles. The van der Waals surface area contributed by atoms with Gasteiger partial charge in [0, 0.05) is 24.8 Å². The third-order valence-corrected chi connectivity index (χ3v) is 4.44. The second-order valence-corrected chi connectivity index (χ2v) is 6.05. The molecule has 2 aromatic heterocycles. The van der Waals surface area contributed by atoms with Crippen LogP contribution in [-0.4, -0.2) is 45.9 Å². The van der Waals surface area contributed by atoms with Crippen LogP contribution < -0.4 is 4.90 Å². The van der Waals surface area contributed by atoms with Crippen molar-refractivity contribution in [3.05, 3.63) is 41.7 Å². The third kappa shape index (κ3) is 2.06. The minimum atomic E-state index is 0.000878. The Kier molecular flexibility index (Phi) is 2.92. The summed E-state index contributed by atoms with van der Waals surface area (Å²) in [4.78, 5) is 25.5. The number of amides is 1. The zero-order valence-corrected chi connectivity index (χ0v) is 12.7. The van der Waals surface area contributed by atoms with E-state index in [1.54, 1.807) is 18.4 Å². The highest BCUT2D eigenvalue weighted by Crippen LogP contribution is 2.35. The molecular formula is C16H18N4O2. The highest BCUT2D eigenvalue weighted by atomic mass is 16.3. The standard InChI is InChI=1S/C16H18N4O2/c1-10-6-15(18-11(2)17-10)19-8-12-7-13(9-19)20(12)16(21)14-4-3-5-22-14/h3-6,12-13H,7-9H2,1-2H3. The molecule has 0 N–H and O–H groups in total. The highest BCUT2D eigenvalue weighted by molar-refractivity contribution is 5.92. The van der Waals surface area contributed by atoms with Gasteiger partial charge in [-0.2, -0.15) is 0 Å². The molecule has 6 nitrogen and oxygen atoms in total. The lowest BCUT2D eigenvalue weighted by atomic mass is 9.87. The Bertz CT molecular complexity index is 681. The maximum Gasteiger partial charge on any atom is 0.290 e. The number of piperazine rings is 1. The Morgan fingerprint density at radius 1 is 1.27 bits per heavy atom. The van der Waals surface area contributed by atoms with Gasteiger partial charge >= 0.3 is 0 Å². The fourth-order valence-corrected chi connectivity index (χ4v) is 3.52. The van der Waals surface area contributed by atoms with Gasteiger partial charge in [-0.15, -0.1) is 0 Å². The number of carbonyl (C=O) groups excluding carboxylic acids is 1. The Morgan fingerprint density at radius 2 is 2.05 bits per heavy atom. The van der Waals surface area contributed by atoms with E-state index in [1.165, 1.54) is 0 Å². The van der Waals surface area contributed by atoms with Gasteiger partial charge in [0.15, 0.2) is 5.76 Å². The molecule has 0 saturated carbocycles. The Labute approximate surface area is 128 Å². The molecule has 114 valence electrons. The second-order valence-electron chi connectivity index (χ2n) is 6.05. The van der Waals surface area contributed by atoms with Crippen molar-refractivity contribution in [2.45, 2.75) is 32.4 Å². The van der Waals surface area contributed by atoms with E-state index in [-0.39, 0.29) is 18.0 Å². The van der Waals surface area contributed by atoms with Gasteiger partial charge < -0.3 is 14.2 Å².